The van der Waals surface area contributed by atoms with Crippen LogP contribution >= 0.6 is 0 Å². The van der Waals surface area contributed by atoms with Gasteiger partial charge in [-0.3, -0.25) is 0 Å². The van der Waals surface area contributed by atoms with Crippen LogP contribution in [0, 0.1) is 23.7 Å². The second kappa shape index (κ2) is 10.7. The van der Waals surface area contributed by atoms with Gasteiger partial charge in [0.15, 0.2) is 0 Å². The van der Waals surface area contributed by atoms with E-state index in [0.29, 0.717) is 47.8 Å². The molecule has 0 spiro atoms. The van der Waals surface area contributed by atoms with Crippen molar-refractivity contribution in [1.82, 2.24) is 21.3 Å². The largest absolute Gasteiger partial charge is 0.311 e. The van der Waals surface area contributed by atoms with Crippen molar-refractivity contribution >= 4 is 0 Å². The summed E-state index contributed by atoms with van der Waals surface area (Å²) in [5.41, 5.74) is 0. The summed E-state index contributed by atoms with van der Waals surface area (Å²) in [4.78, 5) is 0. The van der Waals surface area contributed by atoms with Gasteiger partial charge in [-0.1, -0.05) is 55.4 Å². The van der Waals surface area contributed by atoms with Crippen LogP contribution in [0.2, 0.25) is 0 Å². The Morgan fingerprint density at radius 2 is 0.583 bits per heavy atom. The average molecular weight is 341 g/mol. The molecule has 1 saturated heterocycles. The van der Waals surface area contributed by atoms with Crippen LogP contribution in [0.3, 0.4) is 0 Å². The molecule has 0 aromatic rings. The highest BCUT2D eigenvalue weighted by atomic mass is 15.1. The van der Waals surface area contributed by atoms with Gasteiger partial charge in [-0.25, -0.2) is 0 Å². The highest BCUT2D eigenvalue weighted by molar-refractivity contribution is 4.86. The SMILES string of the molecule is CC(C)[C@H]1CN[C@@H](C(C)C)CN[C@@H](C(C)C)CN[C@@H](C(C)C)CN1. The Morgan fingerprint density at radius 3 is 0.708 bits per heavy atom. The van der Waals surface area contributed by atoms with E-state index in [1.807, 2.05) is 0 Å². The van der Waals surface area contributed by atoms with Gasteiger partial charge in [0.05, 0.1) is 0 Å². The Balaban J connectivity index is 2.84. The third-order valence-corrected chi connectivity index (χ3v) is 5.62. The highest BCUT2D eigenvalue weighted by Gasteiger charge is 2.24. The van der Waals surface area contributed by atoms with Gasteiger partial charge in [-0.15, -0.1) is 0 Å². The first-order valence-corrected chi connectivity index (χ1v) is 10.2. The van der Waals surface area contributed by atoms with E-state index >= 15 is 0 Å². The summed E-state index contributed by atoms with van der Waals surface area (Å²) in [5.74, 6) is 2.55. The molecule has 0 unspecified atom stereocenters. The number of hydrogen-bond donors (Lipinski definition) is 4. The van der Waals surface area contributed by atoms with Gasteiger partial charge >= 0.3 is 0 Å². The Bertz CT molecular complexity index is 248. The Morgan fingerprint density at radius 1 is 0.417 bits per heavy atom. The van der Waals surface area contributed by atoms with Crippen molar-refractivity contribution < 1.29 is 0 Å². The summed E-state index contributed by atoms with van der Waals surface area (Å²) in [6, 6.07) is 2.09. The van der Waals surface area contributed by atoms with Crippen molar-refractivity contribution in [3.05, 3.63) is 0 Å². The molecule has 4 heteroatoms. The zero-order chi connectivity index (χ0) is 18.3. The maximum Gasteiger partial charge on any atom is 0.0216 e. The summed E-state index contributed by atoms with van der Waals surface area (Å²) < 4.78 is 0. The fraction of sp³-hybridized carbons (Fsp3) is 1.00. The van der Waals surface area contributed by atoms with Gasteiger partial charge in [-0.2, -0.15) is 0 Å². The van der Waals surface area contributed by atoms with E-state index in [4.69, 9.17) is 0 Å². The van der Waals surface area contributed by atoms with E-state index in [1.165, 1.54) is 0 Å². The molecule has 144 valence electrons. The Kier molecular flexibility index (Phi) is 9.80. The lowest BCUT2D eigenvalue weighted by Crippen LogP contribution is -2.57. The Labute approximate surface area is 151 Å². The molecule has 4 atom stereocenters. The van der Waals surface area contributed by atoms with Gasteiger partial charge in [0.2, 0.25) is 0 Å². The van der Waals surface area contributed by atoms with Crippen molar-refractivity contribution in [2.75, 3.05) is 26.2 Å². The molecule has 24 heavy (non-hydrogen) atoms. The molecule has 0 amide bonds. The first kappa shape index (κ1) is 21.9. The fourth-order valence-corrected chi connectivity index (χ4v) is 3.29. The molecule has 1 aliphatic rings. The smallest absolute Gasteiger partial charge is 0.0216 e. The lowest BCUT2D eigenvalue weighted by Gasteiger charge is -2.35. The summed E-state index contributed by atoms with van der Waals surface area (Å²) in [7, 11) is 0. The lowest BCUT2D eigenvalue weighted by atomic mass is 9.97. The van der Waals surface area contributed by atoms with Gasteiger partial charge in [0.25, 0.3) is 0 Å². The average Bonchev–Trinajstić information content (AvgIpc) is 2.46. The molecule has 1 fully saturated rings. The monoisotopic (exact) mass is 340 g/mol. The minimum absolute atomic E-state index is 0.523. The second-order valence-electron chi connectivity index (χ2n) is 9.04. The fourth-order valence-electron chi connectivity index (χ4n) is 3.29. The quantitative estimate of drug-likeness (QED) is 0.635. The van der Waals surface area contributed by atoms with Crippen LogP contribution in [0.15, 0.2) is 0 Å². The molecule has 4 N–H and O–H groups in total. The summed E-state index contributed by atoms with van der Waals surface area (Å²) in [5, 5.41) is 15.3. The first-order chi connectivity index (χ1) is 11.2. The van der Waals surface area contributed by atoms with E-state index < -0.39 is 0 Å². The van der Waals surface area contributed by atoms with Crippen molar-refractivity contribution in [3.63, 3.8) is 0 Å². The van der Waals surface area contributed by atoms with Crippen LogP contribution in [-0.2, 0) is 0 Å². The molecule has 0 aliphatic carbocycles. The van der Waals surface area contributed by atoms with E-state index in [2.05, 4.69) is 76.7 Å². The lowest BCUT2D eigenvalue weighted by molar-refractivity contribution is 0.259. The maximum absolute atomic E-state index is 3.83. The third kappa shape index (κ3) is 7.38. The number of hydrogen-bond acceptors (Lipinski definition) is 4. The molecule has 4 nitrogen and oxygen atoms in total. The van der Waals surface area contributed by atoms with Crippen LogP contribution < -0.4 is 21.3 Å². The van der Waals surface area contributed by atoms with Crippen molar-refractivity contribution in [3.8, 4) is 0 Å². The molecule has 0 saturated carbocycles. The van der Waals surface area contributed by atoms with E-state index in [0.717, 1.165) is 26.2 Å². The Hall–Kier alpha value is -0.160. The van der Waals surface area contributed by atoms with E-state index in [9.17, 15) is 0 Å². The molecule has 0 radical (unpaired) electrons. The summed E-state index contributed by atoms with van der Waals surface area (Å²) in [6.07, 6.45) is 0. The summed E-state index contributed by atoms with van der Waals surface area (Å²) >= 11 is 0. The second-order valence-corrected chi connectivity index (χ2v) is 9.04. The van der Waals surface area contributed by atoms with Gasteiger partial charge in [0.1, 0.15) is 0 Å². The van der Waals surface area contributed by atoms with Crippen LogP contribution in [0.5, 0.6) is 0 Å². The van der Waals surface area contributed by atoms with E-state index in [1.54, 1.807) is 0 Å². The molecular formula is C20H44N4. The third-order valence-electron chi connectivity index (χ3n) is 5.62. The zero-order valence-electron chi connectivity index (χ0n) is 17.4. The first-order valence-electron chi connectivity index (χ1n) is 10.2. The molecule has 1 heterocycles. The molecule has 1 aliphatic heterocycles. The van der Waals surface area contributed by atoms with Crippen molar-refractivity contribution in [2.24, 2.45) is 23.7 Å². The molecule has 1 rings (SSSR count). The zero-order valence-corrected chi connectivity index (χ0v) is 17.4. The van der Waals surface area contributed by atoms with Crippen LogP contribution in [0.25, 0.3) is 0 Å². The predicted octanol–water partition coefficient (Wildman–Crippen LogP) is 2.46. The molecular weight excluding hydrogens is 296 g/mol. The highest BCUT2D eigenvalue weighted by Crippen LogP contribution is 2.10. The van der Waals surface area contributed by atoms with Crippen LogP contribution in [0.1, 0.15) is 55.4 Å². The molecule has 0 aromatic heterocycles. The normalized spacial score (nSPS) is 31.5. The minimum Gasteiger partial charge on any atom is -0.311 e. The topological polar surface area (TPSA) is 48.1 Å². The van der Waals surface area contributed by atoms with Gasteiger partial charge in [0, 0.05) is 50.3 Å². The van der Waals surface area contributed by atoms with Crippen LogP contribution in [-0.4, -0.2) is 50.3 Å². The van der Waals surface area contributed by atoms with Gasteiger partial charge in [-0.05, 0) is 23.7 Å². The standard InChI is InChI=1S/C20H44N4/c1-13(2)17-9-22-19(15(5)6)11-24-20(16(7)8)12-23-18(10-21-17)14(3)4/h13-24H,9-12H2,1-8H3/t17-,18-,19-,20-/m1/s1. The van der Waals surface area contributed by atoms with Crippen LogP contribution in [0.4, 0.5) is 0 Å². The minimum atomic E-state index is 0.523. The van der Waals surface area contributed by atoms with Crippen molar-refractivity contribution in [2.45, 2.75) is 79.6 Å². The number of nitrogens with one attached hydrogen (secondary N) is 4. The van der Waals surface area contributed by atoms with Crippen molar-refractivity contribution in [1.29, 1.82) is 0 Å². The molecule has 0 bridgehead atoms. The number of rotatable bonds is 4. The predicted molar refractivity (Wildman–Crippen MR) is 107 cm³/mol. The molecule has 0 aromatic carbocycles. The summed E-state index contributed by atoms with van der Waals surface area (Å²) in [6.45, 7) is 22.7. The van der Waals surface area contributed by atoms with Gasteiger partial charge < -0.3 is 21.3 Å². The van der Waals surface area contributed by atoms with E-state index in [-0.39, 0.29) is 0 Å². The maximum atomic E-state index is 3.83.